The molecule has 0 radical (unpaired) electrons. The average molecular weight is 153 g/mol. The van der Waals surface area contributed by atoms with Gasteiger partial charge in [0.2, 0.25) is 0 Å². The molecule has 0 bridgehead atoms. The normalized spacial score (nSPS) is 9.20. The number of nitrogens with two attached hydrogens (primary N) is 1. The molecule has 0 aliphatic rings. The predicted molar refractivity (Wildman–Crippen MR) is 42.5 cm³/mol. The summed E-state index contributed by atoms with van der Waals surface area (Å²) in [7, 11) is 0. The molecule has 0 aliphatic heterocycles. The number of hydrogen-bond acceptors (Lipinski definition) is 4. The Bertz CT molecular complexity index is 236. The molecule has 2 N–H and O–H groups in total. The van der Waals surface area contributed by atoms with E-state index in [1.54, 1.807) is 11.6 Å². The number of thioether (sulfide) groups is 1. The lowest BCUT2D eigenvalue weighted by Crippen LogP contribution is -1.92. The van der Waals surface area contributed by atoms with Gasteiger partial charge in [-0.3, -0.25) is 0 Å². The van der Waals surface area contributed by atoms with Crippen molar-refractivity contribution in [2.75, 3.05) is 5.73 Å². The average Bonchev–Trinajstić information content (AvgIpc) is 1.94. The van der Waals surface area contributed by atoms with E-state index in [9.17, 15) is 0 Å². The van der Waals surface area contributed by atoms with Crippen LogP contribution in [0.5, 0.6) is 0 Å². The van der Waals surface area contributed by atoms with E-state index in [0.29, 0.717) is 5.82 Å². The molecule has 0 saturated carbocycles. The fourth-order valence-corrected chi connectivity index (χ4v) is 0.982. The van der Waals surface area contributed by atoms with Crippen molar-refractivity contribution in [1.82, 2.24) is 9.97 Å². The largest absolute Gasteiger partial charge is 0.383 e. The molecule has 0 unspecified atom stereocenters. The zero-order valence-electron chi connectivity index (χ0n) is 5.32. The first-order valence-corrected chi connectivity index (χ1v) is 3.55. The molecule has 52 valence electrons. The van der Waals surface area contributed by atoms with E-state index < -0.39 is 0 Å². The number of nitrogens with zero attached hydrogens (tertiary/aromatic N) is 2. The van der Waals surface area contributed by atoms with Crippen LogP contribution in [0.4, 0.5) is 5.82 Å². The topological polar surface area (TPSA) is 51.8 Å². The highest BCUT2D eigenvalue weighted by Gasteiger charge is 1.95. The quantitative estimate of drug-likeness (QED) is 0.650. The summed E-state index contributed by atoms with van der Waals surface area (Å²) in [6.45, 7) is 3.55. The summed E-state index contributed by atoms with van der Waals surface area (Å²) in [5.74, 6) is 0.500. The number of aromatic nitrogens is 2. The highest BCUT2D eigenvalue weighted by atomic mass is 32.2. The van der Waals surface area contributed by atoms with Gasteiger partial charge < -0.3 is 5.73 Å². The van der Waals surface area contributed by atoms with Crippen molar-refractivity contribution in [3.05, 3.63) is 24.5 Å². The Morgan fingerprint density at radius 2 is 2.50 bits per heavy atom. The maximum Gasteiger partial charge on any atom is 0.140 e. The number of hydrogen-bond donors (Lipinski definition) is 1. The Balaban J connectivity index is 2.91. The summed E-state index contributed by atoms with van der Waals surface area (Å²) in [4.78, 5) is 8.45. The Labute approximate surface area is 63.4 Å². The molecule has 1 aromatic heterocycles. The van der Waals surface area contributed by atoms with Gasteiger partial charge in [0, 0.05) is 6.20 Å². The first-order chi connectivity index (χ1) is 4.84. The van der Waals surface area contributed by atoms with Gasteiger partial charge in [-0.15, -0.1) is 0 Å². The Morgan fingerprint density at radius 3 is 3.10 bits per heavy atom. The van der Waals surface area contributed by atoms with Crippen molar-refractivity contribution in [1.29, 1.82) is 0 Å². The molecule has 10 heavy (non-hydrogen) atoms. The van der Waals surface area contributed by atoms with Crippen LogP contribution in [0.1, 0.15) is 0 Å². The Morgan fingerprint density at radius 1 is 1.70 bits per heavy atom. The monoisotopic (exact) mass is 153 g/mol. The van der Waals surface area contributed by atoms with Crippen LogP contribution in [-0.4, -0.2) is 9.97 Å². The zero-order chi connectivity index (χ0) is 7.40. The van der Waals surface area contributed by atoms with E-state index in [1.165, 1.54) is 18.1 Å². The van der Waals surface area contributed by atoms with Crippen LogP contribution in [0, 0.1) is 0 Å². The second-order valence-electron chi connectivity index (χ2n) is 1.56. The van der Waals surface area contributed by atoms with Crippen LogP contribution < -0.4 is 5.73 Å². The van der Waals surface area contributed by atoms with Gasteiger partial charge in [-0.1, -0.05) is 18.3 Å². The van der Waals surface area contributed by atoms with Gasteiger partial charge in [0.15, 0.2) is 0 Å². The number of rotatable bonds is 2. The van der Waals surface area contributed by atoms with Gasteiger partial charge in [0.25, 0.3) is 0 Å². The van der Waals surface area contributed by atoms with Crippen LogP contribution in [-0.2, 0) is 0 Å². The molecule has 0 aromatic carbocycles. The van der Waals surface area contributed by atoms with E-state index in [2.05, 4.69) is 16.5 Å². The molecule has 0 atom stereocenters. The standard InChI is InChI=1S/C6H7N3S/c1-2-10-5-3-8-4-9-6(5)7/h2-4H,1H2,(H2,7,8,9). The summed E-state index contributed by atoms with van der Waals surface area (Å²) in [6, 6.07) is 0. The lowest BCUT2D eigenvalue weighted by atomic mass is 10.6. The molecule has 1 heterocycles. The van der Waals surface area contributed by atoms with Crippen LogP contribution >= 0.6 is 11.8 Å². The van der Waals surface area contributed by atoms with Crippen molar-refractivity contribution in [2.24, 2.45) is 0 Å². The fourth-order valence-electron chi connectivity index (χ4n) is 0.507. The summed E-state index contributed by atoms with van der Waals surface area (Å²) in [5.41, 5.74) is 5.49. The maximum absolute atomic E-state index is 5.49. The second kappa shape index (κ2) is 3.22. The third-order valence-corrected chi connectivity index (χ3v) is 1.65. The fraction of sp³-hybridized carbons (Fsp3) is 0. The first-order valence-electron chi connectivity index (χ1n) is 2.67. The molecule has 0 fully saturated rings. The summed E-state index contributed by atoms with van der Waals surface area (Å²) in [6.07, 6.45) is 3.08. The lowest BCUT2D eigenvalue weighted by Gasteiger charge is -1.96. The Kier molecular flexibility index (Phi) is 2.28. The van der Waals surface area contributed by atoms with Gasteiger partial charge in [-0.05, 0) is 5.41 Å². The minimum Gasteiger partial charge on any atom is -0.383 e. The van der Waals surface area contributed by atoms with Crippen LogP contribution in [0.25, 0.3) is 0 Å². The highest BCUT2D eigenvalue weighted by Crippen LogP contribution is 2.21. The van der Waals surface area contributed by atoms with Crippen molar-refractivity contribution in [2.45, 2.75) is 4.90 Å². The molecule has 1 rings (SSSR count). The molecular weight excluding hydrogens is 146 g/mol. The Hall–Kier alpha value is -1.03. The van der Waals surface area contributed by atoms with E-state index in [1.807, 2.05) is 0 Å². The minimum atomic E-state index is 0.500. The molecule has 0 saturated heterocycles. The lowest BCUT2D eigenvalue weighted by molar-refractivity contribution is 1.11. The van der Waals surface area contributed by atoms with Gasteiger partial charge in [-0.25, -0.2) is 9.97 Å². The molecule has 0 amide bonds. The van der Waals surface area contributed by atoms with E-state index in [4.69, 9.17) is 5.73 Å². The number of nitrogen functional groups attached to an aromatic ring is 1. The van der Waals surface area contributed by atoms with Gasteiger partial charge >= 0.3 is 0 Å². The van der Waals surface area contributed by atoms with Crippen molar-refractivity contribution in [3.8, 4) is 0 Å². The second-order valence-corrected chi connectivity index (χ2v) is 2.57. The predicted octanol–water partition coefficient (Wildman–Crippen LogP) is 1.29. The van der Waals surface area contributed by atoms with Crippen LogP contribution in [0.2, 0.25) is 0 Å². The molecule has 0 aliphatic carbocycles. The van der Waals surface area contributed by atoms with Gasteiger partial charge in [-0.2, -0.15) is 0 Å². The van der Waals surface area contributed by atoms with Crippen molar-refractivity contribution in [3.63, 3.8) is 0 Å². The van der Waals surface area contributed by atoms with Crippen LogP contribution in [0.15, 0.2) is 29.4 Å². The molecule has 3 nitrogen and oxygen atoms in total. The van der Waals surface area contributed by atoms with Gasteiger partial charge in [0.05, 0.1) is 4.90 Å². The number of anilines is 1. The maximum atomic E-state index is 5.49. The zero-order valence-corrected chi connectivity index (χ0v) is 6.14. The van der Waals surface area contributed by atoms with E-state index in [-0.39, 0.29) is 0 Å². The molecule has 1 aromatic rings. The van der Waals surface area contributed by atoms with Gasteiger partial charge in [0.1, 0.15) is 12.1 Å². The molecule has 4 heteroatoms. The summed E-state index contributed by atoms with van der Waals surface area (Å²) in [5, 5.41) is 1.69. The SMILES string of the molecule is C=CSc1cncnc1N. The smallest absolute Gasteiger partial charge is 0.140 e. The highest BCUT2D eigenvalue weighted by molar-refractivity contribution is 8.02. The molecular formula is C6H7N3S. The van der Waals surface area contributed by atoms with Crippen molar-refractivity contribution < 1.29 is 0 Å². The summed E-state index contributed by atoms with van der Waals surface area (Å²) < 4.78 is 0. The van der Waals surface area contributed by atoms with Crippen LogP contribution in [0.3, 0.4) is 0 Å². The van der Waals surface area contributed by atoms with E-state index in [0.717, 1.165) is 4.90 Å². The van der Waals surface area contributed by atoms with E-state index >= 15 is 0 Å². The minimum absolute atomic E-state index is 0.500. The third-order valence-electron chi connectivity index (χ3n) is 0.918. The third kappa shape index (κ3) is 1.48. The first kappa shape index (κ1) is 7.08. The molecule has 0 spiro atoms. The van der Waals surface area contributed by atoms with Crippen molar-refractivity contribution >= 4 is 17.6 Å². The summed E-state index contributed by atoms with van der Waals surface area (Å²) >= 11 is 1.42.